The lowest BCUT2D eigenvalue weighted by Gasteiger charge is -2.08. The van der Waals surface area contributed by atoms with Crippen molar-refractivity contribution < 1.29 is 13.9 Å². The van der Waals surface area contributed by atoms with Crippen molar-refractivity contribution in [2.24, 2.45) is 0 Å². The first-order valence-electron chi connectivity index (χ1n) is 4.91. The molecule has 1 aromatic rings. The molecule has 0 atom stereocenters. The molecule has 0 spiro atoms. The molecule has 0 fully saturated rings. The Morgan fingerprint density at radius 1 is 1.27 bits per heavy atom. The maximum Gasteiger partial charge on any atom is 0.145 e. The predicted octanol–water partition coefficient (Wildman–Crippen LogP) is 2.21. The van der Waals surface area contributed by atoms with Gasteiger partial charge in [0.15, 0.2) is 0 Å². The van der Waals surface area contributed by atoms with Crippen molar-refractivity contribution in [2.75, 3.05) is 26.1 Å². The predicted molar refractivity (Wildman–Crippen MR) is 57.4 cm³/mol. The van der Waals surface area contributed by atoms with Gasteiger partial charge in [0.25, 0.3) is 0 Å². The Kier molecular flexibility index (Phi) is 4.90. The van der Waals surface area contributed by atoms with Crippen molar-refractivity contribution in [3.63, 3.8) is 0 Å². The fourth-order valence-electron chi connectivity index (χ4n) is 1.16. The number of nitrogens with two attached hydrogens (primary N) is 1. The van der Waals surface area contributed by atoms with E-state index in [0.29, 0.717) is 24.7 Å². The molecule has 0 aromatic heterocycles. The summed E-state index contributed by atoms with van der Waals surface area (Å²) in [4.78, 5) is 0. The van der Waals surface area contributed by atoms with Crippen LogP contribution >= 0.6 is 0 Å². The highest BCUT2D eigenvalue weighted by Crippen LogP contribution is 2.22. The van der Waals surface area contributed by atoms with Crippen LogP contribution < -0.4 is 10.5 Å². The number of methoxy groups -OCH3 is 1. The van der Waals surface area contributed by atoms with Crippen LogP contribution in [-0.2, 0) is 4.74 Å². The van der Waals surface area contributed by atoms with E-state index in [1.807, 2.05) is 0 Å². The lowest BCUT2D eigenvalue weighted by atomic mass is 10.3. The van der Waals surface area contributed by atoms with Gasteiger partial charge in [-0.1, -0.05) is 0 Å². The molecule has 0 aliphatic heterocycles. The summed E-state index contributed by atoms with van der Waals surface area (Å²) in [5.74, 6) is 0.0727. The summed E-state index contributed by atoms with van der Waals surface area (Å²) in [7, 11) is 1.66. The Bertz CT molecular complexity index is 305. The average molecular weight is 213 g/mol. The third-order valence-corrected chi connectivity index (χ3v) is 1.98. The van der Waals surface area contributed by atoms with E-state index in [0.717, 1.165) is 12.8 Å². The van der Waals surface area contributed by atoms with Gasteiger partial charge in [0, 0.05) is 19.8 Å². The highest BCUT2D eigenvalue weighted by molar-refractivity contribution is 5.52. The van der Waals surface area contributed by atoms with Gasteiger partial charge in [-0.15, -0.1) is 0 Å². The third kappa shape index (κ3) is 4.16. The summed E-state index contributed by atoms with van der Waals surface area (Å²) < 4.78 is 23.1. The Labute approximate surface area is 89.0 Å². The molecule has 15 heavy (non-hydrogen) atoms. The van der Waals surface area contributed by atoms with Gasteiger partial charge in [0.1, 0.15) is 11.6 Å². The maximum absolute atomic E-state index is 12.8. The molecule has 0 radical (unpaired) electrons. The zero-order chi connectivity index (χ0) is 11.1. The minimum Gasteiger partial charge on any atom is -0.491 e. The van der Waals surface area contributed by atoms with Gasteiger partial charge >= 0.3 is 0 Å². The normalized spacial score (nSPS) is 10.3. The molecule has 0 aliphatic carbocycles. The molecule has 3 nitrogen and oxygen atoms in total. The molecule has 0 amide bonds. The van der Waals surface area contributed by atoms with Gasteiger partial charge in [-0.3, -0.25) is 0 Å². The molecule has 0 saturated carbocycles. The van der Waals surface area contributed by atoms with E-state index >= 15 is 0 Å². The van der Waals surface area contributed by atoms with Crippen LogP contribution in [0.5, 0.6) is 5.75 Å². The van der Waals surface area contributed by atoms with Gasteiger partial charge in [0.05, 0.1) is 12.3 Å². The van der Waals surface area contributed by atoms with E-state index in [2.05, 4.69) is 0 Å². The number of hydrogen-bond acceptors (Lipinski definition) is 3. The second-order valence-electron chi connectivity index (χ2n) is 3.23. The molecule has 4 heteroatoms. The molecule has 2 N–H and O–H groups in total. The molecule has 0 aliphatic rings. The van der Waals surface area contributed by atoms with Crippen LogP contribution in [0.4, 0.5) is 10.1 Å². The van der Waals surface area contributed by atoms with Crippen molar-refractivity contribution in [3.05, 3.63) is 24.0 Å². The van der Waals surface area contributed by atoms with Crippen LogP contribution in [0.1, 0.15) is 12.8 Å². The van der Waals surface area contributed by atoms with Crippen LogP contribution in [0.25, 0.3) is 0 Å². The van der Waals surface area contributed by atoms with Gasteiger partial charge in [-0.2, -0.15) is 0 Å². The molecule has 0 unspecified atom stereocenters. The number of benzene rings is 1. The van der Waals surface area contributed by atoms with Crippen LogP contribution in [0.15, 0.2) is 18.2 Å². The van der Waals surface area contributed by atoms with Crippen molar-refractivity contribution in [1.29, 1.82) is 0 Å². The van der Waals surface area contributed by atoms with Crippen molar-refractivity contribution in [3.8, 4) is 5.75 Å². The third-order valence-electron chi connectivity index (χ3n) is 1.98. The Hall–Kier alpha value is -1.29. The van der Waals surface area contributed by atoms with Gasteiger partial charge in [-0.25, -0.2) is 4.39 Å². The SMILES string of the molecule is COCCCCOc1cc(F)ccc1N. The van der Waals surface area contributed by atoms with E-state index in [9.17, 15) is 4.39 Å². The monoisotopic (exact) mass is 213 g/mol. The smallest absolute Gasteiger partial charge is 0.145 e. The summed E-state index contributed by atoms with van der Waals surface area (Å²) in [6.07, 6.45) is 1.79. The zero-order valence-corrected chi connectivity index (χ0v) is 8.83. The van der Waals surface area contributed by atoms with E-state index in [-0.39, 0.29) is 5.82 Å². The summed E-state index contributed by atoms with van der Waals surface area (Å²) in [6, 6.07) is 4.11. The Morgan fingerprint density at radius 3 is 2.73 bits per heavy atom. The molecule has 0 saturated heterocycles. The first kappa shape index (κ1) is 11.8. The first-order chi connectivity index (χ1) is 7.24. The van der Waals surface area contributed by atoms with E-state index in [4.69, 9.17) is 15.2 Å². The molecular weight excluding hydrogens is 197 g/mol. The fourth-order valence-corrected chi connectivity index (χ4v) is 1.16. The number of ether oxygens (including phenoxy) is 2. The second kappa shape index (κ2) is 6.24. The van der Waals surface area contributed by atoms with E-state index in [1.54, 1.807) is 7.11 Å². The van der Waals surface area contributed by atoms with E-state index < -0.39 is 0 Å². The minimum atomic E-state index is -0.337. The summed E-state index contributed by atoms with van der Waals surface area (Å²) in [5, 5.41) is 0. The van der Waals surface area contributed by atoms with Crippen molar-refractivity contribution >= 4 is 5.69 Å². The maximum atomic E-state index is 12.8. The highest BCUT2D eigenvalue weighted by Gasteiger charge is 2.01. The van der Waals surface area contributed by atoms with Crippen molar-refractivity contribution in [1.82, 2.24) is 0 Å². The number of anilines is 1. The van der Waals surface area contributed by atoms with Crippen LogP contribution in [-0.4, -0.2) is 20.3 Å². The highest BCUT2D eigenvalue weighted by atomic mass is 19.1. The second-order valence-corrected chi connectivity index (χ2v) is 3.23. The van der Waals surface area contributed by atoms with E-state index in [1.165, 1.54) is 18.2 Å². The Balaban J connectivity index is 2.33. The summed E-state index contributed by atoms with van der Waals surface area (Å²) in [5.41, 5.74) is 6.08. The topological polar surface area (TPSA) is 44.5 Å². The lowest BCUT2D eigenvalue weighted by Crippen LogP contribution is -2.02. The molecule has 0 heterocycles. The number of rotatable bonds is 6. The largest absolute Gasteiger partial charge is 0.491 e. The molecular formula is C11H16FNO2. The van der Waals surface area contributed by atoms with Crippen LogP contribution in [0, 0.1) is 5.82 Å². The van der Waals surface area contributed by atoms with Crippen LogP contribution in [0.3, 0.4) is 0 Å². The average Bonchev–Trinajstić information content (AvgIpc) is 2.23. The number of unbranched alkanes of at least 4 members (excludes halogenated alkanes) is 1. The standard InChI is InChI=1S/C11H16FNO2/c1-14-6-2-3-7-15-11-8-9(12)4-5-10(11)13/h4-5,8H,2-3,6-7,13H2,1H3. The molecule has 84 valence electrons. The fraction of sp³-hybridized carbons (Fsp3) is 0.455. The van der Waals surface area contributed by atoms with Gasteiger partial charge < -0.3 is 15.2 Å². The minimum absolute atomic E-state index is 0.337. The van der Waals surface area contributed by atoms with Gasteiger partial charge in [-0.05, 0) is 25.0 Å². The first-order valence-corrected chi connectivity index (χ1v) is 4.91. The number of nitrogen functional groups attached to an aromatic ring is 1. The summed E-state index contributed by atoms with van der Waals surface area (Å²) >= 11 is 0. The molecule has 1 aromatic carbocycles. The summed E-state index contributed by atoms with van der Waals surface area (Å²) in [6.45, 7) is 1.24. The molecule has 0 bridgehead atoms. The number of halogens is 1. The Morgan fingerprint density at radius 2 is 2.00 bits per heavy atom. The van der Waals surface area contributed by atoms with Crippen molar-refractivity contribution in [2.45, 2.75) is 12.8 Å². The van der Waals surface area contributed by atoms with Crippen LogP contribution in [0.2, 0.25) is 0 Å². The number of hydrogen-bond donors (Lipinski definition) is 1. The zero-order valence-electron chi connectivity index (χ0n) is 8.83. The quantitative estimate of drug-likeness (QED) is 0.582. The lowest BCUT2D eigenvalue weighted by molar-refractivity contribution is 0.184. The molecule has 1 rings (SSSR count). The van der Waals surface area contributed by atoms with Gasteiger partial charge in [0.2, 0.25) is 0 Å².